The summed E-state index contributed by atoms with van der Waals surface area (Å²) in [5, 5.41) is 8.98. The molecule has 0 bridgehead atoms. The second-order valence-corrected chi connectivity index (χ2v) is 12.3. The van der Waals surface area contributed by atoms with Crippen LogP contribution in [0.25, 0.3) is 54.2 Å². The van der Waals surface area contributed by atoms with E-state index in [0.717, 1.165) is 78.2 Å². The first kappa shape index (κ1) is 28.7. The number of esters is 2. The Morgan fingerprint density at radius 1 is 0.609 bits per heavy atom. The fourth-order valence-electron chi connectivity index (χ4n) is 6.94. The number of fused-ring (bicyclic) bond motifs is 4. The molecule has 2 atom stereocenters. The first-order valence-electron chi connectivity index (χ1n) is 16.1. The highest BCUT2D eigenvalue weighted by atomic mass is 16.7. The summed E-state index contributed by atoms with van der Waals surface area (Å²) in [4.78, 5) is 24.3. The number of benzene rings is 6. The van der Waals surface area contributed by atoms with Crippen LogP contribution in [-0.2, 0) is 41.8 Å². The third-order valence-corrected chi connectivity index (χ3v) is 9.33. The topological polar surface area (TPSA) is 71.1 Å². The van der Waals surface area contributed by atoms with Crippen molar-refractivity contribution < 1.29 is 28.5 Å². The molecule has 0 N–H and O–H groups in total. The van der Waals surface area contributed by atoms with Crippen molar-refractivity contribution in [2.45, 2.75) is 57.7 Å². The van der Waals surface area contributed by atoms with E-state index in [9.17, 15) is 9.59 Å². The molecule has 0 aromatic heterocycles. The summed E-state index contributed by atoms with van der Waals surface area (Å²) in [5.41, 5.74) is 4.32. The van der Waals surface area contributed by atoms with Crippen molar-refractivity contribution in [3.8, 4) is 11.1 Å². The van der Waals surface area contributed by atoms with Gasteiger partial charge in [0.05, 0.1) is 19.8 Å². The van der Waals surface area contributed by atoms with Crippen molar-refractivity contribution in [3.63, 3.8) is 0 Å². The Bertz CT molecular complexity index is 2130. The monoisotopic (exact) mass is 610 g/mol. The van der Waals surface area contributed by atoms with Gasteiger partial charge in [0.2, 0.25) is 6.29 Å². The average molecular weight is 611 g/mol. The number of ether oxygens (including phenoxy) is 4. The Hall–Kier alpha value is -4.78. The van der Waals surface area contributed by atoms with Gasteiger partial charge in [-0.25, -0.2) is 4.79 Å². The van der Waals surface area contributed by atoms with Gasteiger partial charge in [0.15, 0.2) is 6.10 Å². The molecule has 8 rings (SSSR count). The number of carbonyl (C=O) groups is 2. The lowest BCUT2D eigenvalue weighted by atomic mass is 9.91. The van der Waals surface area contributed by atoms with Crippen molar-refractivity contribution in [1.82, 2.24) is 0 Å². The summed E-state index contributed by atoms with van der Waals surface area (Å²) in [6, 6.07) is 34.3. The summed E-state index contributed by atoms with van der Waals surface area (Å²) >= 11 is 0. The minimum atomic E-state index is -0.543. The summed E-state index contributed by atoms with van der Waals surface area (Å²) in [5.74, 6) is -0.476. The Morgan fingerprint density at radius 3 is 1.80 bits per heavy atom. The van der Waals surface area contributed by atoms with Gasteiger partial charge in [-0.3, -0.25) is 4.79 Å². The first-order valence-corrected chi connectivity index (χ1v) is 16.1. The van der Waals surface area contributed by atoms with Gasteiger partial charge >= 0.3 is 11.9 Å². The van der Waals surface area contributed by atoms with Crippen LogP contribution in [0.1, 0.15) is 43.2 Å². The lowest BCUT2D eigenvalue weighted by Crippen LogP contribution is -2.31. The van der Waals surface area contributed by atoms with Gasteiger partial charge in [0.25, 0.3) is 0 Å². The number of rotatable bonds is 7. The van der Waals surface area contributed by atoms with Crippen LogP contribution in [0.4, 0.5) is 0 Å². The van der Waals surface area contributed by atoms with Crippen LogP contribution in [0.2, 0.25) is 0 Å². The lowest BCUT2D eigenvalue weighted by molar-refractivity contribution is -0.191. The molecule has 6 nitrogen and oxygen atoms in total. The van der Waals surface area contributed by atoms with Gasteiger partial charge in [0.1, 0.15) is 0 Å². The fraction of sp³-hybridized carbons (Fsp3) is 0.250. The van der Waals surface area contributed by atoms with E-state index in [0.29, 0.717) is 39.1 Å². The van der Waals surface area contributed by atoms with Gasteiger partial charge in [-0.1, -0.05) is 72.8 Å². The zero-order valence-corrected chi connectivity index (χ0v) is 25.5. The molecule has 46 heavy (non-hydrogen) atoms. The van der Waals surface area contributed by atoms with Crippen molar-refractivity contribution in [3.05, 3.63) is 108 Å². The number of carbonyl (C=O) groups excluding carboxylic acids is 2. The van der Waals surface area contributed by atoms with Crippen LogP contribution in [0, 0.1) is 0 Å². The third-order valence-electron chi connectivity index (χ3n) is 9.33. The predicted molar refractivity (Wildman–Crippen MR) is 179 cm³/mol. The minimum absolute atomic E-state index is 0.200. The largest absolute Gasteiger partial charge is 0.464 e. The maximum atomic E-state index is 12.4. The predicted octanol–water partition coefficient (Wildman–Crippen LogP) is 8.76. The molecule has 0 saturated carbocycles. The molecule has 6 aromatic carbocycles. The highest BCUT2D eigenvalue weighted by molar-refractivity contribution is 6.06. The maximum Gasteiger partial charge on any atom is 0.335 e. The van der Waals surface area contributed by atoms with Crippen molar-refractivity contribution in [1.29, 1.82) is 0 Å². The van der Waals surface area contributed by atoms with Gasteiger partial charge in [0, 0.05) is 12.8 Å². The normalized spacial score (nSPS) is 18.7. The standard InChI is InChI=1S/C40H34O6/c41-38-12-5-13-39(46-38)45-24-36-32-10-4-2-8-28(32)20-30-17-15-26(22-34(30)36)25-14-16-29-19-27-7-1-3-9-31(27)35(33(29)21-25)23-44-37-11-6-18-43-40(37)42/h1-4,7-10,14-17,19-22,37,39H,5-6,11-13,18,23-24H2. The van der Waals surface area contributed by atoms with E-state index in [1.165, 1.54) is 0 Å². The molecule has 0 radical (unpaired) electrons. The van der Waals surface area contributed by atoms with Gasteiger partial charge in [-0.15, -0.1) is 0 Å². The molecule has 2 heterocycles. The van der Waals surface area contributed by atoms with Crippen LogP contribution in [0.5, 0.6) is 0 Å². The lowest BCUT2D eigenvalue weighted by Gasteiger charge is -2.23. The van der Waals surface area contributed by atoms with E-state index >= 15 is 0 Å². The second kappa shape index (κ2) is 12.2. The molecule has 2 fully saturated rings. The fourth-order valence-corrected chi connectivity index (χ4v) is 6.94. The molecule has 0 aliphatic carbocycles. The molecular formula is C40H34O6. The van der Waals surface area contributed by atoms with Crippen LogP contribution >= 0.6 is 0 Å². The van der Waals surface area contributed by atoms with Crippen LogP contribution in [0.3, 0.4) is 0 Å². The summed E-state index contributed by atoms with van der Waals surface area (Å²) in [7, 11) is 0. The van der Waals surface area contributed by atoms with E-state index in [4.69, 9.17) is 18.9 Å². The Balaban J connectivity index is 1.21. The van der Waals surface area contributed by atoms with Gasteiger partial charge in [-0.2, -0.15) is 0 Å². The molecule has 6 aromatic rings. The van der Waals surface area contributed by atoms with Gasteiger partial charge in [-0.05, 0) is 109 Å². The van der Waals surface area contributed by atoms with E-state index in [1.54, 1.807) is 0 Å². The second-order valence-electron chi connectivity index (χ2n) is 12.3. The summed E-state index contributed by atoms with van der Waals surface area (Å²) in [6.07, 6.45) is 2.35. The molecular weight excluding hydrogens is 576 g/mol. The third kappa shape index (κ3) is 5.48. The van der Waals surface area contributed by atoms with Crippen LogP contribution in [-0.4, -0.2) is 30.9 Å². The minimum Gasteiger partial charge on any atom is -0.464 e. The van der Waals surface area contributed by atoms with E-state index in [2.05, 4.69) is 72.8 Å². The number of hydrogen-bond donors (Lipinski definition) is 0. The highest BCUT2D eigenvalue weighted by Gasteiger charge is 2.25. The Morgan fingerprint density at radius 2 is 1.20 bits per heavy atom. The van der Waals surface area contributed by atoms with Crippen LogP contribution in [0.15, 0.2) is 97.1 Å². The zero-order valence-electron chi connectivity index (χ0n) is 25.5. The molecule has 2 saturated heterocycles. The van der Waals surface area contributed by atoms with Crippen molar-refractivity contribution in [2.24, 2.45) is 0 Å². The molecule has 2 unspecified atom stereocenters. The zero-order chi connectivity index (χ0) is 31.0. The Kier molecular flexibility index (Phi) is 7.60. The molecule has 0 spiro atoms. The molecule has 0 amide bonds. The van der Waals surface area contributed by atoms with Crippen molar-refractivity contribution >= 4 is 55.0 Å². The average Bonchev–Trinajstić information content (AvgIpc) is 3.09. The smallest absolute Gasteiger partial charge is 0.335 e. The molecule has 2 aliphatic rings. The highest BCUT2D eigenvalue weighted by Crippen LogP contribution is 2.36. The van der Waals surface area contributed by atoms with E-state index < -0.39 is 12.4 Å². The summed E-state index contributed by atoms with van der Waals surface area (Å²) < 4.78 is 23.2. The van der Waals surface area contributed by atoms with Gasteiger partial charge < -0.3 is 18.9 Å². The Labute approximate surface area is 266 Å². The first-order chi connectivity index (χ1) is 22.6. The molecule has 230 valence electrons. The van der Waals surface area contributed by atoms with E-state index in [-0.39, 0.29) is 11.9 Å². The van der Waals surface area contributed by atoms with Crippen LogP contribution < -0.4 is 0 Å². The van der Waals surface area contributed by atoms with Crippen molar-refractivity contribution in [2.75, 3.05) is 6.61 Å². The summed E-state index contributed by atoms with van der Waals surface area (Å²) in [6.45, 7) is 1.12. The molecule has 2 aliphatic heterocycles. The quantitative estimate of drug-likeness (QED) is 0.133. The number of hydrogen-bond acceptors (Lipinski definition) is 6. The SMILES string of the molecule is O=C1CCCC(OCc2c3ccccc3cc3ccc(-c4ccc5cc6ccccc6c(COC6CCCOC6=O)c5c4)cc23)O1. The molecule has 6 heteroatoms. The van der Waals surface area contributed by atoms with E-state index in [1.807, 2.05) is 24.3 Å². The maximum absolute atomic E-state index is 12.4. The number of cyclic esters (lactones) is 2.